The van der Waals surface area contributed by atoms with E-state index in [4.69, 9.17) is 11.6 Å². The van der Waals surface area contributed by atoms with Gasteiger partial charge in [-0.15, -0.1) is 25.5 Å². The Hall–Kier alpha value is -17.8. The number of rotatable bonds is 25. The monoisotopic (exact) mass is 2080 g/mol. The average Bonchev–Trinajstić information content (AvgIpc) is 1.75. The third-order valence-corrected chi connectivity index (χ3v) is 21.5. The van der Waals surface area contributed by atoms with E-state index in [1.807, 2.05) is 30.3 Å². The number of carbonyl (C=O) groups excluding carboxylic acids is 5. The number of halogens is 16. The Morgan fingerprint density at radius 2 is 0.748 bits per heavy atom. The third kappa shape index (κ3) is 33.4. The first kappa shape index (κ1) is 108. The normalized spacial score (nSPS) is 13.1. The van der Waals surface area contributed by atoms with Crippen LogP contribution in [0, 0.1) is 34.6 Å². The van der Waals surface area contributed by atoms with Gasteiger partial charge >= 0.3 is 30.9 Å². The predicted octanol–water partition coefficient (Wildman–Crippen LogP) is 15.9. The van der Waals surface area contributed by atoms with Crippen molar-refractivity contribution in [3.63, 3.8) is 0 Å². The lowest BCUT2D eigenvalue weighted by Crippen LogP contribution is -2.44. The van der Waals surface area contributed by atoms with E-state index in [2.05, 4.69) is 124 Å². The minimum atomic E-state index is -4.48. The van der Waals surface area contributed by atoms with Gasteiger partial charge in [0.2, 0.25) is 0 Å². The molecular weight excluding hydrogens is 2000 g/mol. The first-order chi connectivity index (χ1) is 69.5. The molecule has 0 spiro atoms. The van der Waals surface area contributed by atoms with Gasteiger partial charge in [0.1, 0.15) is 54.8 Å². The number of aromatic nitrogens is 20. The van der Waals surface area contributed by atoms with E-state index >= 15 is 0 Å². The second-order valence-electron chi connectivity index (χ2n) is 31.4. The number of benzene rings is 6. The highest BCUT2D eigenvalue weighted by atomic mass is 35.5. The van der Waals surface area contributed by atoms with Gasteiger partial charge in [-0.2, -0.15) is 65.9 Å². The summed E-state index contributed by atoms with van der Waals surface area (Å²) in [7, 11) is -1.40. The molecule has 9 aromatic heterocycles. The highest BCUT2D eigenvalue weighted by Gasteiger charge is 2.36. The molecule has 37 nitrogen and oxygen atoms in total. The highest BCUT2D eigenvalue weighted by Crippen LogP contribution is 2.38. The van der Waals surface area contributed by atoms with E-state index in [0.29, 0.717) is 51.4 Å². The van der Waals surface area contributed by atoms with Crippen molar-refractivity contribution in [2.45, 2.75) is 78.0 Å². The van der Waals surface area contributed by atoms with Crippen molar-refractivity contribution < 1.29 is 98.2 Å². The molecule has 54 heteroatoms. The van der Waals surface area contributed by atoms with Crippen LogP contribution in [0.1, 0.15) is 62.1 Å². The van der Waals surface area contributed by atoms with E-state index in [1.54, 1.807) is 115 Å². The fourth-order valence-electron chi connectivity index (χ4n) is 12.9. The molecule has 0 radical (unpaired) electrons. The van der Waals surface area contributed by atoms with Crippen LogP contribution in [0.15, 0.2) is 251 Å². The largest absolute Gasteiger partial charge is 0.416 e. The Morgan fingerprint density at radius 1 is 0.395 bits per heavy atom. The first-order valence-electron chi connectivity index (χ1n) is 42.6. The van der Waals surface area contributed by atoms with E-state index in [0.717, 1.165) is 83.7 Å². The van der Waals surface area contributed by atoms with Crippen molar-refractivity contribution in [3.05, 3.63) is 312 Å². The summed E-state index contributed by atoms with van der Waals surface area (Å²) in [6, 6.07) is 37.1. The molecule has 9 N–H and O–H groups in total. The second kappa shape index (κ2) is 47.9. The number of carbonyl (C=O) groups is 5. The van der Waals surface area contributed by atoms with Crippen molar-refractivity contribution in [3.8, 4) is 56.9 Å². The topological polar surface area (TPSA) is 449 Å². The van der Waals surface area contributed by atoms with Crippen molar-refractivity contribution >= 4 is 116 Å². The average molecular weight is 2080 g/mol. The molecule has 0 saturated carbocycles. The number of nitrogens with one attached hydrogen (secondary N) is 9. The molecule has 1 aliphatic rings. The zero-order valence-electron chi connectivity index (χ0n) is 77.0. The molecule has 1 saturated heterocycles. The number of hydrazine groups is 5. The molecule has 5 amide bonds. The molecular formula is C93H80ClF15N30O7S. The minimum absolute atomic E-state index is 0.0418. The number of para-hydroxylation sites is 1. The lowest BCUT2D eigenvalue weighted by molar-refractivity contribution is -0.138. The number of pyridine rings is 3. The summed E-state index contributed by atoms with van der Waals surface area (Å²) < 4.78 is 224. The lowest BCUT2D eigenvalue weighted by Gasteiger charge is -2.18. The fraction of sp³-hybridized carbons (Fsp3) is 0.161. The summed E-state index contributed by atoms with van der Waals surface area (Å²) in [6.07, 6.45) is 4.55. The molecule has 1 atom stereocenters. The molecule has 0 bridgehead atoms. The molecule has 1 unspecified atom stereocenters. The standard InChI is InChI=1S/C22H17F3N6O.C19H17F3N6O.C18H15F3N6O.C17H13ClF3N7O.C17H18F3N5O3S/c1-14-10-16(12-17(11-14)22(23,24)25)21-26-13-31(30-21)9-8-20(32)29-28-19-7-6-15-4-2-3-5-18(15)27-19;1-13-8-14(10-15(9-13)19(20,21)22)18-24-12-28(26-18)7-5-17(29)25-27(2)16-4-3-6-23-11-16;1-12-7-13(9-14(8-12)18(19,20)21)17-23-11-27(26-17)6-4-16(28)25-24-15-3-2-5-22-10-15;1-10-4-11(6-12(5-10)17(19,20)21)16-24-9-28(27-16)3-2-15(29)26-25-14-7-13(18)22-8-23-14;1-11-6-12(8-13(7-11)17(18,19)20)16-21-10-25(24-16)4-2-15(26)23-22-14-3-5-29(27,28)9-14/h2-13H,1H3,(H,27,28)(H,29,32);3-12H,1-2H3,(H,25,29);2-11,24H,1H3,(H,25,28);2-9H,1H3,(H,26,29)(H,22,23,25);2,4,6-8,10,14,22H,3,5,9H2,1H3,(H,23,26)/b9-8-;7-5-;6-4-;3-2-;4-2-. The Kier molecular flexibility index (Phi) is 35.2. The Bertz CT molecular complexity index is 7480. The van der Waals surface area contributed by atoms with Gasteiger partial charge in [-0.3, -0.25) is 82.4 Å². The predicted molar refractivity (Wildman–Crippen MR) is 510 cm³/mol. The minimum Gasteiger partial charge on any atom is -0.297 e. The molecule has 1 fully saturated rings. The first-order valence-corrected chi connectivity index (χ1v) is 44.8. The van der Waals surface area contributed by atoms with Crippen LogP contribution in [-0.2, 0) is 64.7 Å². The summed E-state index contributed by atoms with van der Waals surface area (Å²) in [5.41, 5.74) is 24.3. The zero-order valence-corrected chi connectivity index (χ0v) is 78.5. The summed E-state index contributed by atoms with van der Waals surface area (Å²) in [4.78, 5) is 99.3. The molecule has 10 heterocycles. The number of fused-ring (bicyclic) bond motifs is 1. The van der Waals surface area contributed by atoms with Gasteiger partial charge in [0, 0.05) is 126 Å². The molecule has 147 heavy (non-hydrogen) atoms. The number of anilines is 4. The number of amides is 5. The zero-order chi connectivity index (χ0) is 106. The van der Waals surface area contributed by atoms with Crippen molar-refractivity contribution in [2.24, 2.45) is 0 Å². The quantitative estimate of drug-likeness (QED) is 0.0111. The van der Waals surface area contributed by atoms with E-state index in [1.165, 1.54) is 134 Å². The van der Waals surface area contributed by atoms with Crippen LogP contribution >= 0.6 is 11.6 Å². The molecule has 15 aromatic rings. The van der Waals surface area contributed by atoms with Crippen molar-refractivity contribution in [2.75, 3.05) is 39.8 Å². The molecule has 16 rings (SSSR count). The Balaban J connectivity index is 0.000000163. The van der Waals surface area contributed by atoms with Crippen LogP contribution in [0.2, 0.25) is 5.15 Å². The number of hydrogen-bond donors (Lipinski definition) is 9. The Morgan fingerprint density at radius 3 is 1.10 bits per heavy atom. The van der Waals surface area contributed by atoms with Gasteiger partial charge in [-0.1, -0.05) is 29.8 Å². The number of nitrogens with zero attached hydrogens (tertiary/aromatic N) is 21. The van der Waals surface area contributed by atoms with Gasteiger partial charge in [-0.25, -0.2) is 77.1 Å². The van der Waals surface area contributed by atoms with Gasteiger partial charge in [-0.05, 0) is 202 Å². The van der Waals surface area contributed by atoms with Gasteiger partial charge < -0.3 is 0 Å². The van der Waals surface area contributed by atoms with Crippen molar-refractivity contribution in [1.82, 2.24) is 131 Å². The van der Waals surface area contributed by atoms with Crippen LogP contribution in [0.4, 0.5) is 88.9 Å². The molecule has 6 aromatic carbocycles. The van der Waals surface area contributed by atoms with E-state index in [-0.39, 0.29) is 85.5 Å². The molecule has 762 valence electrons. The van der Waals surface area contributed by atoms with Gasteiger partial charge in [0.25, 0.3) is 29.5 Å². The number of aryl methyl sites for hydroxylation is 5. The SMILES string of the molecule is Cc1cc(-c2ncn(/C=C\C(=O)NN(C)c3cccnc3)n2)cc(C(F)(F)F)c1.Cc1cc(-c2ncn(/C=C\C(=O)NNC3CCS(=O)(=O)C3)n2)cc(C(F)(F)F)c1.Cc1cc(-c2ncn(/C=C\C(=O)NNc3cc(Cl)ncn3)n2)cc(C(F)(F)F)c1.Cc1cc(-c2ncn(/C=C\C(=O)NNc3ccc4ccccc4n3)n2)cc(C(F)(F)F)c1.Cc1cc(-c2ncn(/C=C\C(=O)NNc3cccnc3)n2)cc(C(F)(F)F)c1. The smallest absolute Gasteiger partial charge is 0.297 e. The van der Waals surface area contributed by atoms with E-state index in [9.17, 15) is 98.2 Å². The summed E-state index contributed by atoms with van der Waals surface area (Å²) in [5.74, 6) is -1.13. The van der Waals surface area contributed by atoms with Crippen LogP contribution in [-0.4, -0.2) is 161 Å². The number of sulfone groups is 1. The highest BCUT2D eigenvalue weighted by molar-refractivity contribution is 7.91. The van der Waals surface area contributed by atoms with Gasteiger partial charge in [0.05, 0.1) is 68.6 Å². The summed E-state index contributed by atoms with van der Waals surface area (Å²) in [6.45, 7) is 7.80. The third-order valence-electron chi connectivity index (χ3n) is 19.5. The summed E-state index contributed by atoms with van der Waals surface area (Å²) in [5, 5.41) is 23.1. The van der Waals surface area contributed by atoms with Crippen LogP contribution in [0.25, 0.3) is 98.8 Å². The fourth-order valence-corrected chi connectivity index (χ4v) is 14.7. The van der Waals surface area contributed by atoms with Crippen LogP contribution < -0.4 is 53.8 Å². The molecule has 0 aliphatic carbocycles. The maximum atomic E-state index is 13.0. The van der Waals surface area contributed by atoms with Crippen LogP contribution in [0.5, 0.6) is 0 Å². The molecule has 1 aliphatic heterocycles. The van der Waals surface area contributed by atoms with Crippen molar-refractivity contribution in [1.29, 1.82) is 0 Å². The van der Waals surface area contributed by atoms with E-state index < -0.39 is 98.1 Å². The number of alkyl halides is 15. The van der Waals surface area contributed by atoms with Gasteiger partial charge in [0.15, 0.2) is 39.0 Å². The lowest BCUT2D eigenvalue weighted by atomic mass is 10.1. The number of hydrogen-bond acceptors (Lipinski definition) is 27. The second-order valence-corrected chi connectivity index (χ2v) is 34.0. The summed E-state index contributed by atoms with van der Waals surface area (Å²) >= 11 is 5.70. The Labute approximate surface area is 827 Å². The maximum Gasteiger partial charge on any atom is 0.416 e. The maximum absolute atomic E-state index is 13.0. The van der Waals surface area contributed by atoms with Crippen LogP contribution in [0.3, 0.4) is 0 Å².